The molecule has 4 heteroatoms. The Balaban J connectivity index is 1.82. The fourth-order valence-electron chi connectivity index (χ4n) is 2.11. The molecule has 1 N–H and O–H groups in total. The summed E-state index contributed by atoms with van der Waals surface area (Å²) >= 11 is 6.19. The van der Waals surface area contributed by atoms with Crippen LogP contribution in [0.4, 0.5) is 5.69 Å². The van der Waals surface area contributed by atoms with Crippen molar-refractivity contribution < 1.29 is 0 Å². The van der Waals surface area contributed by atoms with Crippen molar-refractivity contribution in [3.63, 3.8) is 0 Å². The maximum Gasteiger partial charge on any atom is 0.137 e. The highest BCUT2D eigenvalue weighted by molar-refractivity contribution is 6.33. The Labute approximate surface area is 116 Å². The Hall–Kier alpha value is -2.00. The van der Waals surface area contributed by atoms with E-state index < -0.39 is 0 Å². The molecule has 0 radical (unpaired) electrons. The number of hydrogen-bond acceptors (Lipinski definition) is 2. The normalized spacial score (nSPS) is 10.8. The van der Waals surface area contributed by atoms with Gasteiger partial charge in [-0.2, -0.15) is 0 Å². The maximum atomic E-state index is 6.19. The van der Waals surface area contributed by atoms with Crippen LogP contribution in [0.2, 0.25) is 5.02 Å². The molecule has 0 aliphatic carbocycles. The number of anilines is 1. The average molecular weight is 272 g/mol. The van der Waals surface area contributed by atoms with Gasteiger partial charge in [0.15, 0.2) is 0 Å². The van der Waals surface area contributed by atoms with E-state index in [1.165, 1.54) is 0 Å². The van der Waals surface area contributed by atoms with Gasteiger partial charge >= 0.3 is 0 Å². The van der Waals surface area contributed by atoms with E-state index in [1.807, 2.05) is 60.1 Å². The van der Waals surface area contributed by atoms with Crippen LogP contribution in [0, 0.1) is 6.92 Å². The van der Waals surface area contributed by atoms with Crippen molar-refractivity contribution in [3.8, 4) is 0 Å². The minimum absolute atomic E-state index is 0.659. The van der Waals surface area contributed by atoms with Crippen molar-refractivity contribution in [2.24, 2.45) is 0 Å². The Bertz CT molecular complexity index is 665. The largest absolute Gasteiger partial charge is 0.378 e. The fraction of sp³-hybridized carbons (Fsp3) is 0.133. The first kappa shape index (κ1) is 12.1. The number of aromatic nitrogens is 2. The molecule has 0 atom stereocenters. The lowest BCUT2D eigenvalue weighted by atomic mass is 10.2. The van der Waals surface area contributed by atoms with E-state index in [2.05, 4.69) is 10.3 Å². The fourth-order valence-corrected chi connectivity index (χ4v) is 2.40. The molecule has 0 unspecified atom stereocenters. The first-order valence-corrected chi connectivity index (χ1v) is 6.53. The van der Waals surface area contributed by atoms with Gasteiger partial charge in [0.25, 0.3) is 0 Å². The molecular formula is C15H14ClN3. The lowest BCUT2D eigenvalue weighted by Crippen LogP contribution is -2.01. The van der Waals surface area contributed by atoms with Crippen LogP contribution in [0.1, 0.15) is 11.3 Å². The number of nitrogens with zero attached hydrogens (tertiary/aromatic N) is 2. The van der Waals surface area contributed by atoms with E-state index in [-0.39, 0.29) is 0 Å². The van der Waals surface area contributed by atoms with Gasteiger partial charge in [0, 0.05) is 12.4 Å². The number of fused-ring (bicyclic) bond motifs is 1. The van der Waals surface area contributed by atoms with Crippen LogP contribution in [-0.2, 0) is 6.54 Å². The minimum atomic E-state index is 0.659. The quantitative estimate of drug-likeness (QED) is 0.783. The minimum Gasteiger partial charge on any atom is -0.378 e. The molecule has 3 aromatic rings. The van der Waals surface area contributed by atoms with Gasteiger partial charge in [-0.3, -0.25) is 0 Å². The van der Waals surface area contributed by atoms with Gasteiger partial charge in [0.05, 0.1) is 22.9 Å². The van der Waals surface area contributed by atoms with Crippen LogP contribution in [0.25, 0.3) is 5.65 Å². The molecule has 0 fully saturated rings. The van der Waals surface area contributed by atoms with Gasteiger partial charge < -0.3 is 9.72 Å². The highest BCUT2D eigenvalue weighted by atomic mass is 35.5. The number of aryl methyl sites for hydroxylation is 1. The molecule has 0 spiro atoms. The predicted octanol–water partition coefficient (Wildman–Crippen LogP) is 3.91. The van der Waals surface area contributed by atoms with Crippen LogP contribution in [0.15, 0.2) is 48.8 Å². The van der Waals surface area contributed by atoms with Crippen LogP contribution in [-0.4, -0.2) is 9.38 Å². The van der Waals surface area contributed by atoms with E-state index in [0.717, 1.165) is 27.6 Å². The lowest BCUT2D eigenvalue weighted by Gasteiger charge is -2.09. The second kappa shape index (κ2) is 4.94. The van der Waals surface area contributed by atoms with Gasteiger partial charge in [0.2, 0.25) is 0 Å². The molecule has 3 rings (SSSR count). The highest BCUT2D eigenvalue weighted by Crippen LogP contribution is 2.25. The molecule has 2 aromatic heterocycles. The molecular weight excluding hydrogens is 258 g/mol. The monoisotopic (exact) mass is 271 g/mol. The summed E-state index contributed by atoms with van der Waals surface area (Å²) in [5.74, 6) is 0. The van der Waals surface area contributed by atoms with Crippen molar-refractivity contribution in [2.45, 2.75) is 13.5 Å². The molecule has 3 nitrogen and oxygen atoms in total. The molecule has 19 heavy (non-hydrogen) atoms. The van der Waals surface area contributed by atoms with Crippen LogP contribution in [0.5, 0.6) is 0 Å². The molecule has 96 valence electrons. The van der Waals surface area contributed by atoms with Crippen molar-refractivity contribution in [1.29, 1.82) is 0 Å². The Morgan fingerprint density at radius 1 is 1.21 bits per heavy atom. The second-order valence-electron chi connectivity index (χ2n) is 4.48. The summed E-state index contributed by atoms with van der Waals surface area (Å²) in [5, 5.41) is 4.09. The van der Waals surface area contributed by atoms with E-state index in [4.69, 9.17) is 11.6 Å². The number of hydrogen-bond donors (Lipinski definition) is 1. The Kier molecular flexibility index (Phi) is 3.13. The summed E-state index contributed by atoms with van der Waals surface area (Å²) in [7, 11) is 0. The number of rotatable bonds is 3. The zero-order valence-electron chi connectivity index (χ0n) is 10.6. The molecule has 1 aromatic carbocycles. The molecule has 0 amide bonds. The number of imidazole rings is 1. The van der Waals surface area contributed by atoms with E-state index in [9.17, 15) is 0 Å². The SMILES string of the molecule is Cc1cccc(Cl)c1NCc1cn2ccccc2n1. The van der Waals surface area contributed by atoms with Gasteiger partial charge in [-0.1, -0.05) is 29.8 Å². The Morgan fingerprint density at radius 3 is 2.89 bits per heavy atom. The van der Waals surface area contributed by atoms with Crippen molar-refractivity contribution in [2.75, 3.05) is 5.32 Å². The second-order valence-corrected chi connectivity index (χ2v) is 4.89. The number of nitrogens with one attached hydrogen (secondary N) is 1. The maximum absolute atomic E-state index is 6.19. The third kappa shape index (κ3) is 2.42. The van der Waals surface area contributed by atoms with Crippen LogP contribution >= 0.6 is 11.6 Å². The summed E-state index contributed by atoms with van der Waals surface area (Å²) in [4.78, 5) is 4.54. The smallest absolute Gasteiger partial charge is 0.137 e. The third-order valence-corrected chi connectivity index (χ3v) is 3.40. The summed E-state index contributed by atoms with van der Waals surface area (Å²) < 4.78 is 2.01. The first-order chi connectivity index (χ1) is 9.24. The van der Waals surface area contributed by atoms with Crippen molar-refractivity contribution in [3.05, 3.63) is 65.1 Å². The lowest BCUT2D eigenvalue weighted by molar-refractivity contribution is 1.07. The molecule has 2 heterocycles. The third-order valence-electron chi connectivity index (χ3n) is 3.08. The van der Waals surface area contributed by atoms with Crippen molar-refractivity contribution in [1.82, 2.24) is 9.38 Å². The van der Waals surface area contributed by atoms with Gasteiger partial charge in [-0.05, 0) is 30.7 Å². The molecule has 0 saturated carbocycles. The molecule has 0 aliphatic heterocycles. The highest BCUT2D eigenvalue weighted by Gasteiger charge is 2.05. The Morgan fingerprint density at radius 2 is 2.11 bits per heavy atom. The van der Waals surface area contributed by atoms with Crippen LogP contribution < -0.4 is 5.32 Å². The zero-order chi connectivity index (χ0) is 13.2. The van der Waals surface area contributed by atoms with E-state index in [1.54, 1.807) is 0 Å². The van der Waals surface area contributed by atoms with Gasteiger partial charge in [-0.15, -0.1) is 0 Å². The van der Waals surface area contributed by atoms with Gasteiger partial charge in [0.1, 0.15) is 5.65 Å². The van der Waals surface area contributed by atoms with Crippen molar-refractivity contribution >= 4 is 22.9 Å². The first-order valence-electron chi connectivity index (χ1n) is 6.15. The number of benzene rings is 1. The zero-order valence-corrected chi connectivity index (χ0v) is 11.4. The molecule has 0 bridgehead atoms. The summed E-state index contributed by atoms with van der Waals surface area (Å²) in [6.45, 7) is 2.70. The summed E-state index contributed by atoms with van der Waals surface area (Å²) in [6.07, 6.45) is 4.01. The topological polar surface area (TPSA) is 29.3 Å². The molecule has 0 aliphatic rings. The average Bonchev–Trinajstić information content (AvgIpc) is 2.81. The summed E-state index contributed by atoms with van der Waals surface area (Å²) in [6, 6.07) is 11.8. The van der Waals surface area contributed by atoms with E-state index in [0.29, 0.717) is 6.54 Å². The predicted molar refractivity (Wildman–Crippen MR) is 78.7 cm³/mol. The van der Waals surface area contributed by atoms with Crippen LogP contribution in [0.3, 0.4) is 0 Å². The number of halogens is 1. The van der Waals surface area contributed by atoms with Gasteiger partial charge in [-0.25, -0.2) is 4.98 Å². The standard InChI is InChI=1S/C15H14ClN3/c1-11-5-4-6-13(16)15(11)17-9-12-10-19-8-3-2-7-14(19)18-12/h2-8,10,17H,9H2,1H3. The summed E-state index contributed by atoms with van der Waals surface area (Å²) in [5.41, 5.74) is 4.05. The number of pyridine rings is 1. The van der Waals surface area contributed by atoms with E-state index >= 15 is 0 Å². The number of para-hydroxylation sites is 1. The molecule has 0 saturated heterocycles.